The molecule has 1 aliphatic carbocycles. The third-order valence-electron chi connectivity index (χ3n) is 4.35. The zero-order chi connectivity index (χ0) is 19.6. The Kier molecular flexibility index (Phi) is 5.64. The van der Waals surface area contributed by atoms with Crippen LogP contribution >= 0.6 is 22.6 Å². The van der Waals surface area contributed by atoms with E-state index in [4.69, 9.17) is 5.11 Å². The molecule has 3 rings (SSSR count). The van der Waals surface area contributed by atoms with Crippen molar-refractivity contribution in [3.05, 3.63) is 65.5 Å². The molecule has 0 radical (unpaired) electrons. The molecule has 0 aromatic heterocycles. The Morgan fingerprint density at radius 3 is 2.26 bits per heavy atom. The Morgan fingerprint density at radius 1 is 1.15 bits per heavy atom. The maximum Gasteiger partial charge on any atom is 0.406 e. The predicted octanol–water partition coefficient (Wildman–Crippen LogP) is 4.56. The summed E-state index contributed by atoms with van der Waals surface area (Å²) in [6, 6.07) is 11.8. The van der Waals surface area contributed by atoms with Crippen LogP contribution in [0.2, 0.25) is 0 Å². The second-order valence-corrected chi connectivity index (χ2v) is 8.33. The Labute approximate surface area is 168 Å². The van der Waals surface area contributed by atoms with Gasteiger partial charge in [0.25, 0.3) is 5.91 Å². The lowest BCUT2D eigenvalue weighted by Gasteiger charge is -2.28. The summed E-state index contributed by atoms with van der Waals surface area (Å²) in [5.41, 5.74) is 1.61. The summed E-state index contributed by atoms with van der Waals surface area (Å²) in [5.74, 6) is -1.02. The maximum atomic E-state index is 14.8. The molecule has 2 N–H and O–H groups in total. The highest BCUT2D eigenvalue weighted by molar-refractivity contribution is 14.1. The molecule has 8 heteroatoms. The van der Waals surface area contributed by atoms with Gasteiger partial charge in [-0.2, -0.15) is 0 Å². The van der Waals surface area contributed by atoms with E-state index in [2.05, 4.69) is 5.32 Å². The van der Waals surface area contributed by atoms with E-state index in [0.717, 1.165) is 18.4 Å². The molecule has 1 fully saturated rings. The Balaban J connectivity index is 1.82. The van der Waals surface area contributed by atoms with Gasteiger partial charge in [-0.05, 0) is 76.7 Å². The molecule has 1 saturated carbocycles. The van der Waals surface area contributed by atoms with Gasteiger partial charge in [-0.25, -0.2) is 9.18 Å². The molecule has 0 spiro atoms. The molecular formula is C19H17F2IN2O3. The number of carbonyl (C=O) groups is 2. The summed E-state index contributed by atoms with van der Waals surface area (Å²) in [6.07, 6.45) is 0.612. The number of nitrogens with one attached hydrogen (secondary N) is 1. The molecule has 1 unspecified atom stereocenters. The van der Waals surface area contributed by atoms with Crippen LogP contribution in [0.4, 0.5) is 19.4 Å². The van der Waals surface area contributed by atoms with Crippen molar-refractivity contribution in [2.45, 2.75) is 28.7 Å². The number of amides is 2. The highest BCUT2D eigenvalue weighted by atomic mass is 127. The topological polar surface area (TPSA) is 69.6 Å². The lowest BCUT2D eigenvalue weighted by molar-refractivity contribution is -0.123. The normalized spacial score (nSPS) is 15.7. The highest BCUT2D eigenvalue weighted by Crippen LogP contribution is 2.40. The minimum atomic E-state index is -1.79. The number of carboxylic acid groups (broad SMARTS) is 1. The van der Waals surface area contributed by atoms with Crippen LogP contribution in [-0.4, -0.2) is 20.7 Å². The molecule has 0 aliphatic heterocycles. The first kappa shape index (κ1) is 19.5. The van der Waals surface area contributed by atoms with E-state index in [1.54, 1.807) is 34.7 Å². The first-order valence-corrected chi connectivity index (χ1v) is 9.41. The van der Waals surface area contributed by atoms with Gasteiger partial charge in [0.1, 0.15) is 5.82 Å². The van der Waals surface area contributed by atoms with E-state index < -0.39 is 21.4 Å². The van der Waals surface area contributed by atoms with Crippen LogP contribution in [-0.2, 0) is 11.2 Å². The van der Waals surface area contributed by atoms with Gasteiger partial charge in [-0.15, -0.1) is 5.12 Å². The molecule has 142 valence electrons. The monoisotopic (exact) mass is 486 g/mol. The molecule has 1 atom stereocenters. The molecule has 27 heavy (non-hydrogen) atoms. The van der Waals surface area contributed by atoms with Crippen LogP contribution in [0.3, 0.4) is 0 Å². The van der Waals surface area contributed by atoms with Crippen molar-refractivity contribution < 1.29 is 23.6 Å². The number of benzene rings is 2. The van der Waals surface area contributed by atoms with Crippen LogP contribution in [0, 0.1) is 5.82 Å². The Bertz CT molecular complexity index is 841. The third kappa shape index (κ3) is 4.74. The molecule has 0 heterocycles. The van der Waals surface area contributed by atoms with Gasteiger partial charge in [0, 0.05) is 6.42 Å². The summed E-state index contributed by atoms with van der Waals surface area (Å²) in [5, 5.41) is 11.1. The first-order chi connectivity index (χ1) is 12.8. The molecule has 5 nitrogen and oxygen atoms in total. The molecule has 0 saturated heterocycles. The number of carbonyl (C=O) groups excluding carboxylic acids is 1. The van der Waals surface area contributed by atoms with Crippen LogP contribution in [0.5, 0.6) is 0 Å². The number of nitrogens with zero attached hydrogens (tertiary/aromatic N) is 1. The van der Waals surface area contributed by atoms with Gasteiger partial charge in [-0.3, -0.25) is 10.1 Å². The summed E-state index contributed by atoms with van der Waals surface area (Å²) in [4.78, 5) is 23.9. The third-order valence-corrected chi connectivity index (χ3v) is 5.46. The highest BCUT2D eigenvalue weighted by Gasteiger charge is 2.42. The Hall–Kier alpha value is -2.23. The van der Waals surface area contributed by atoms with Crippen molar-refractivity contribution in [3.63, 3.8) is 0 Å². The molecule has 2 aromatic rings. The number of hydrogen-bond donors (Lipinski definition) is 2. The zero-order valence-electron chi connectivity index (χ0n) is 14.2. The van der Waals surface area contributed by atoms with Crippen molar-refractivity contribution in [2.24, 2.45) is 0 Å². The van der Waals surface area contributed by atoms with Crippen molar-refractivity contribution in [1.82, 2.24) is 5.32 Å². The summed E-state index contributed by atoms with van der Waals surface area (Å²) in [7, 11) is 0. The van der Waals surface area contributed by atoms with Crippen molar-refractivity contribution in [1.29, 1.82) is 0 Å². The zero-order valence-corrected chi connectivity index (χ0v) is 16.3. The van der Waals surface area contributed by atoms with Gasteiger partial charge in [0.15, 0.2) is 3.55 Å². The summed E-state index contributed by atoms with van der Waals surface area (Å²) < 4.78 is 26.1. The fourth-order valence-electron chi connectivity index (χ4n) is 2.79. The van der Waals surface area contributed by atoms with Crippen molar-refractivity contribution >= 4 is 40.3 Å². The second kappa shape index (κ2) is 7.79. The minimum absolute atomic E-state index is 0.0248. The van der Waals surface area contributed by atoms with Crippen LogP contribution < -0.4 is 10.4 Å². The predicted molar refractivity (Wildman–Crippen MR) is 105 cm³/mol. The lowest BCUT2D eigenvalue weighted by Crippen LogP contribution is -2.55. The van der Waals surface area contributed by atoms with Gasteiger partial charge >= 0.3 is 6.09 Å². The van der Waals surface area contributed by atoms with E-state index >= 15 is 0 Å². The quantitative estimate of drug-likeness (QED) is 0.272. The van der Waals surface area contributed by atoms with Crippen LogP contribution in [0.15, 0.2) is 48.5 Å². The largest absolute Gasteiger partial charge is 0.465 e. The van der Waals surface area contributed by atoms with Crippen LogP contribution in [0.25, 0.3) is 0 Å². The van der Waals surface area contributed by atoms with Gasteiger partial charge in [0.2, 0.25) is 0 Å². The smallest absolute Gasteiger partial charge is 0.406 e. The van der Waals surface area contributed by atoms with Crippen molar-refractivity contribution in [2.75, 3.05) is 5.12 Å². The minimum Gasteiger partial charge on any atom is -0.465 e. The summed E-state index contributed by atoms with van der Waals surface area (Å²) in [6.45, 7) is 0. The SMILES string of the molecule is O=C(O)NC(I)(Cc1ccc(F)cc1)C(=O)N(F)c1ccc(C2CC2)cc1. The van der Waals surface area contributed by atoms with Crippen molar-refractivity contribution in [3.8, 4) is 0 Å². The van der Waals surface area contributed by atoms with E-state index in [0.29, 0.717) is 11.5 Å². The lowest BCUT2D eigenvalue weighted by atomic mass is 10.0. The standard InChI is InChI=1S/C19H17F2IN2O3/c20-15-7-1-12(2-8-15)11-19(22,23-18(26)27)17(25)24(21)16-9-5-14(6-10-16)13-3-4-13/h1-2,5-10,13,23H,3-4,11H2,(H,26,27). The molecular weight excluding hydrogens is 469 g/mol. The number of alkyl halides is 1. The number of rotatable bonds is 6. The number of anilines is 1. The van der Waals surface area contributed by atoms with E-state index in [1.165, 1.54) is 36.4 Å². The number of hydrogen-bond acceptors (Lipinski definition) is 2. The average Bonchev–Trinajstić information content (AvgIpc) is 3.47. The van der Waals surface area contributed by atoms with E-state index in [1.807, 2.05) is 0 Å². The fourth-order valence-corrected chi connectivity index (χ4v) is 3.68. The number of halogens is 3. The van der Waals surface area contributed by atoms with Gasteiger partial charge in [-0.1, -0.05) is 28.7 Å². The van der Waals surface area contributed by atoms with E-state index in [9.17, 15) is 18.5 Å². The molecule has 2 aromatic carbocycles. The van der Waals surface area contributed by atoms with Crippen LogP contribution in [0.1, 0.15) is 29.9 Å². The molecule has 1 aliphatic rings. The average molecular weight is 486 g/mol. The first-order valence-electron chi connectivity index (χ1n) is 8.33. The van der Waals surface area contributed by atoms with Gasteiger partial charge in [0.05, 0.1) is 5.69 Å². The molecule has 0 bridgehead atoms. The Morgan fingerprint density at radius 2 is 1.74 bits per heavy atom. The molecule has 2 amide bonds. The second-order valence-electron chi connectivity index (χ2n) is 6.49. The van der Waals surface area contributed by atoms with E-state index in [-0.39, 0.29) is 17.2 Å². The van der Waals surface area contributed by atoms with Gasteiger partial charge < -0.3 is 5.11 Å². The maximum absolute atomic E-state index is 14.8. The summed E-state index contributed by atoms with van der Waals surface area (Å²) >= 11 is 1.58. The fraction of sp³-hybridized carbons (Fsp3) is 0.263.